The Morgan fingerprint density at radius 1 is 0.354 bits per heavy atom. The van der Waals surface area contributed by atoms with E-state index in [1.54, 1.807) is 0 Å². The zero-order chi connectivity index (χ0) is 34.7. The van der Waals surface area contributed by atoms with Crippen LogP contribution in [-0.2, 0) is 56.9 Å². The smallest absolute Gasteiger partial charge is 0.305 e. The molecular formula is C35H69ClO12. The Bertz CT molecular complexity index is 606. The Kier molecular flexibility index (Phi) is 43.8. The van der Waals surface area contributed by atoms with Crippen molar-refractivity contribution in [1.82, 2.24) is 0 Å². The van der Waals surface area contributed by atoms with Crippen molar-refractivity contribution in [3.05, 3.63) is 0 Å². The van der Waals surface area contributed by atoms with Gasteiger partial charge >= 0.3 is 5.97 Å². The molecule has 0 radical (unpaired) electrons. The average molecular weight is 717 g/mol. The monoisotopic (exact) mass is 716 g/mol. The fourth-order valence-corrected chi connectivity index (χ4v) is 4.26. The number of esters is 1. The second-order valence-electron chi connectivity index (χ2n) is 11.0. The van der Waals surface area contributed by atoms with Crippen LogP contribution in [0.15, 0.2) is 0 Å². The summed E-state index contributed by atoms with van der Waals surface area (Å²) in [5.74, 6) is 0.600. The van der Waals surface area contributed by atoms with Gasteiger partial charge in [0, 0.05) is 18.9 Å². The Morgan fingerprint density at radius 2 is 0.646 bits per heavy atom. The Balaban J connectivity index is 3.09. The highest BCUT2D eigenvalue weighted by Gasteiger charge is 2.02. The number of alkyl halides is 1. The van der Waals surface area contributed by atoms with Crippen molar-refractivity contribution in [2.75, 3.05) is 145 Å². The van der Waals surface area contributed by atoms with E-state index in [0.29, 0.717) is 132 Å². The third kappa shape index (κ3) is 43.4. The fraction of sp³-hybridized carbons (Fsp3) is 0.971. The molecule has 0 aliphatic heterocycles. The van der Waals surface area contributed by atoms with Crippen molar-refractivity contribution in [2.24, 2.45) is 0 Å². The first kappa shape index (κ1) is 47.4. The summed E-state index contributed by atoms with van der Waals surface area (Å²) >= 11 is 5.65. The molecular weight excluding hydrogens is 648 g/mol. The lowest BCUT2D eigenvalue weighted by Gasteiger charge is -2.09. The molecule has 288 valence electrons. The molecule has 0 atom stereocenters. The number of carbonyl (C=O) groups is 1. The van der Waals surface area contributed by atoms with Crippen molar-refractivity contribution in [3.8, 4) is 0 Å². The molecule has 0 aromatic rings. The van der Waals surface area contributed by atoms with Crippen molar-refractivity contribution in [2.45, 2.75) is 77.6 Å². The SMILES string of the molecule is CCCCCCCCC(=O)OCCOCCOCCOCCOCCOCCOCCOCCOCCOCCOCCCCCCCl. The summed E-state index contributed by atoms with van der Waals surface area (Å²) in [4.78, 5) is 11.7. The highest BCUT2D eigenvalue weighted by Crippen LogP contribution is 2.07. The number of hydrogen-bond acceptors (Lipinski definition) is 12. The molecule has 0 rings (SSSR count). The maximum atomic E-state index is 11.7. The molecule has 0 aliphatic rings. The third-order valence-corrected chi connectivity index (χ3v) is 7.01. The predicted octanol–water partition coefficient (Wildman–Crippen LogP) is 5.25. The normalized spacial score (nSPS) is 11.5. The van der Waals surface area contributed by atoms with E-state index in [1.807, 2.05) is 0 Å². The van der Waals surface area contributed by atoms with Crippen molar-refractivity contribution in [1.29, 1.82) is 0 Å². The first-order valence-electron chi connectivity index (χ1n) is 18.3. The highest BCUT2D eigenvalue weighted by molar-refractivity contribution is 6.17. The van der Waals surface area contributed by atoms with Crippen LogP contribution < -0.4 is 0 Å². The maximum Gasteiger partial charge on any atom is 0.305 e. The van der Waals surface area contributed by atoms with Gasteiger partial charge in [0.2, 0.25) is 0 Å². The molecule has 0 N–H and O–H groups in total. The van der Waals surface area contributed by atoms with E-state index in [0.717, 1.165) is 38.2 Å². The Morgan fingerprint density at radius 3 is 1.02 bits per heavy atom. The Hall–Kier alpha value is -0.640. The number of hydrogen-bond donors (Lipinski definition) is 0. The predicted molar refractivity (Wildman–Crippen MR) is 186 cm³/mol. The molecule has 0 bridgehead atoms. The number of rotatable bonds is 43. The molecule has 0 heterocycles. The molecule has 0 saturated carbocycles. The Labute approximate surface area is 296 Å². The van der Waals surface area contributed by atoms with Gasteiger partial charge in [0.05, 0.1) is 126 Å². The van der Waals surface area contributed by atoms with E-state index in [1.165, 1.54) is 38.5 Å². The summed E-state index contributed by atoms with van der Waals surface area (Å²) in [5.41, 5.74) is 0. The third-order valence-electron chi connectivity index (χ3n) is 6.75. The van der Waals surface area contributed by atoms with Gasteiger partial charge < -0.3 is 52.1 Å². The summed E-state index contributed by atoms with van der Waals surface area (Å²) in [5, 5.41) is 0. The van der Waals surface area contributed by atoms with Gasteiger partial charge in [-0.15, -0.1) is 11.6 Å². The molecule has 0 aromatic carbocycles. The molecule has 12 nitrogen and oxygen atoms in total. The molecule has 0 amide bonds. The average Bonchev–Trinajstić information content (AvgIpc) is 3.09. The summed E-state index contributed by atoms with van der Waals surface area (Å²) in [7, 11) is 0. The van der Waals surface area contributed by atoms with Gasteiger partial charge in [-0.3, -0.25) is 4.79 Å². The van der Waals surface area contributed by atoms with Crippen LogP contribution in [0.2, 0.25) is 0 Å². The van der Waals surface area contributed by atoms with E-state index < -0.39 is 0 Å². The van der Waals surface area contributed by atoms with Gasteiger partial charge in [-0.2, -0.15) is 0 Å². The number of halogens is 1. The van der Waals surface area contributed by atoms with Gasteiger partial charge in [0.25, 0.3) is 0 Å². The maximum absolute atomic E-state index is 11.7. The molecule has 48 heavy (non-hydrogen) atoms. The second kappa shape index (κ2) is 44.4. The molecule has 0 fully saturated rings. The van der Waals surface area contributed by atoms with Gasteiger partial charge in [0.1, 0.15) is 6.61 Å². The lowest BCUT2D eigenvalue weighted by Crippen LogP contribution is -2.15. The molecule has 0 spiro atoms. The second-order valence-corrected chi connectivity index (χ2v) is 11.3. The first-order valence-corrected chi connectivity index (χ1v) is 18.8. The molecule has 0 aliphatic carbocycles. The van der Waals surface area contributed by atoms with Crippen molar-refractivity contribution < 1.29 is 56.9 Å². The van der Waals surface area contributed by atoms with Crippen LogP contribution in [0.25, 0.3) is 0 Å². The van der Waals surface area contributed by atoms with Crippen molar-refractivity contribution >= 4 is 17.6 Å². The molecule has 13 heteroatoms. The van der Waals surface area contributed by atoms with Gasteiger partial charge in [-0.05, 0) is 19.3 Å². The first-order chi connectivity index (χ1) is 23.8. The largest absolute Gasteiger partial charge is 0.463 e. The minimum absolute atomic E-state index is 0.142. The van der Waals surface area contributed by atoms with Crippen LogP contribution in [0.1, 0.15) is 77.6 Å². The highest BCUT2D eigenvalue weighted by atomic mass is 35.5. The summed E-state index contributed by atoms with van der Waals surface area (Å²) in [6.07, 6.45) is 11.9. The summed E-state index contributed by atoms with van der Waals surface area (Å²) in [6.45, 7) is 13.0. The van der Waals surface area contributed by atoms with Crippen LogP contribution in [0.4, 0.5) is 0 Å². The molecule has 0 aromatic heterocycles. The van der Waals surface area contributed by atoms with Crippen LogP contribution in [-0.4, -0.2) is 151 Å². The van der Waals surface area contributed by atoms with Gasteiger partial charge in [-0.25, -0.2) is 0 Å². The van der Waals surface area contributed by atoms with E-state index in [9.17, 15) is 4.79 Å². The minimum atomic E-state index is -0.142. The fourth-order valence-electron chi connectivity index (χ4n) is 4.07. The number of ether oxygens (including phenoxy) is 11. The summed E-state index contributed by atoms with van der Waals surface area (Å²) < 4.78 is 60.0. The van der Waals surface area contributed by atoms with E-state index >= 15 is 0 Å². The lowest BCUT2D eigenvalue weighted by molar-refractivity contribution is -0.145. The van der Waals surface area contributed by atoms with Crippen LogP contribution in [0.5, 0.6) is 0 Å². The van der Waals surface area contributed by atoms with Crippen molar-refractivity contribution in [3.63, 3.8) is 0 Å². The standard InChI is InChI=1S/C35H69ClO12/c1-2-3-4-5-6-9-12-35(37)48-34-33-47-32-31-46-30-29-45-28-27-44-26-25-43-24-23-42-22-21-41-20-19-40-18-17-39-16-15-38-14-11-8-7-10-13-36/h2-34H2,1H3. The van der Waals surface area contributed by atoms with E-state index in [2.05, 4.69) is 6.92 Å². The topological polar surface area (TPSA) is 119 Å². The minimum Gasteiger partial charge on any atom is -0.463 e. The van der Waals surface area contributed by atoms with Gasteiger partial charge in [-0.1, -0.05) is 51.9 Å². The van der Waals surface area contributed by atoms with Gasteiger partial charge in [0.15, 0.2) is 0 Å². The quantitative estimate of drug-likeness (QED) is 0.0466. The number of unbranched alkanes of at least 4 members (excludes halogenated alkanes) is 8. The van der Waals surface area contributed by atoms with E-state index in [4.69, 9.17) is 63.7 Å². The zero-order valence-electron chi connectivity index (χ0n) is 30.1. The summed E-state index contributed by atoms with van der Waals surface area (Å²) in [6, 6.07) is 0. The van der Waals surface area contributed by atoms with Crippen LogP contribution >= 0.6 is 11.6 Å². The van der Waals surface area contributed by atoms with Crippen LogP contribution in [0, 0.1) is 0 Å². The molecule has 0 unspecified atom stereocenters. The lowest BCUT2D eigenvalue weighted by atomic mass is 10.1. The zero-order valence-corrected chi connectivity index (χ0v) is 30.9. The van der Waals surface area contributed by atoms with E-state index in [-0.39, 0.29) is 12.6 Å². The molecule has 0 saturated heterocycles. The van der Waals surface area contributed by atoms with Crippen LogP contribution in [0.3, 0.4) is 0 Å². The number of carbonyl (C=O) groups excluding carboxylic acids is 1.